The van der Waals surface area contributed by atoms with Crippen LogP contribution in [0.3, 0.4) is 0 Å². The SMILES string of the molecule is CC(=O)NCCCNC1CCC(C(C)(C)C)CC1. The van der Waals surface area contributed by atoms with E-state index < -0.39 is 0 Å². The van der Waals surface area contributed by atoms with E-state index in [9.17, 15) is 4.79 Å². The van der Waals surface area contributed by atoms with Crippen LogP contribution in [0.4, 0.5) is 0 Å². The van der Waals surface area contributed by atoms with E-state index in [0.717, 1.165) is 25.4 Å². The van der Waals surface area contributed by atoms with Gasteiger partial charge in [0.1, 0.15) is 0 Å². The van der Waals surface area contributed by atoms with Crippen LogP contribution in [0.15, 0.2) is 0 Å². The van der Waals surface area contributed by atoms with Crippen LogP contribution < -0.4 is 10.6 Å². The summed E-state index contributed by atoms with van der Waals surface area (Å²) in [6.07, 6.45) is 6.35. The van der Waals surface area contributed by atoms with Crippen LogP contribution in [-0.4, -0.2) is 25.0 Å². The topological polar surface area (TPSA) is 41.1 Å². The molecule has 3 nitrogen and oxygen atoms in total. The Bertz CT molecular complexity index is 250. The number of carbonyl (C=O) groups is 1. The summed E-state index contributed by atoms with van der Waals surface area (Å²) in [5, 5.41) is 6.45. The number of hydrogen-bond donors (Lipinski definition) is 2. The summed E-state index contributed by atoms with van der Waals surface area (Å²) in [6, 6.07) is 0.695. The van der Waals surface area contributed by atoms with E-state index >= 15 is 0 Å². The lowest BCUT2D eigenvalue weighted by atomic mass is 9.71. The normalized spacial score (nSPS) is 24.9. The zero-order valence-corrected chi connectivity index (χ0v) is 12.5. The van der Waals surface area contributed by atoms with Crippen molar-refractivity contribution in [3.05, 3.63) is 0 Å². The fraction of sp³-hybridized carbons (Fsp3) is 0.933. The fourth-order valence-corrected chi connectivity index (χ4v) is 2.82. The number of amides is 1. The second-order valence-corrected chi connectivity index (χ2v) is 6.71. The van der Waals surface area contributed by atoms with Gasteiger partial charge < -0.3 is 10.6 Å². The molecule has 0 bridgehead atoms. The van der Waals surface area contributed by atoms with Crippen molar-refractivity contribution in [2.75, 3.05) is 13.1 Å². The van der Waals surface area contributed by atoms with Crippen molar-refractivity contribution in [2.24, 2.45) is 11.3 Å². The van der Waals surface area contributed by atoms with Crippen molar-refractivity contribution in [3.8, 4) is 0 Å². The Morgan fingerprint density at radius 2 is 1.72 bits per heavy atom. The highest BCUT2D eigenvalue weighted by Gasteiger charge is 2.29. The summed E-state index contributed by atoms with van der Waals surface area (Å²) in [5.74, 6) is 0.954. The number of rotatable bonds is 5. The molecule has 1 aliphatic rings. The molecular formula is C15H30N2O. The van der Waals surface area contributed by atoms with Crippen LogP contribution in [0, 0.1) is 11.3 Å². The molecule has 0 unspecified atom stereocenters. The van der Waals surface area contributed by atoms with Crippen LogP contribution in [0.2, 0.25) is 0 Å². The lowest BCUT2D eigenvalue weighted by molar-refractivity contribution is -0.118. The van der Waals surface area contributed by atoms with Gasteiger partial charge in [-0.2, -0.15) is 0 Å². The van der Waals surface area contributed by atoms with E-state index in [1.165, 1.54) is 25.7 Å². The molecule has 18 heavy (non-hydrogen) atoms. The van der Waals surface area contributed by atoms with E-state index in [-0.39, 0.29) is 5.91 Å². The van der Waals surface area contributed by atoms with Gasteiger partial charge in [0.05, 0.1) is 0 Å². The Balaban J connectivity index is 2.07. The molecule has 0 aliphatic heterocycles. The molecule has 0 aromatic carbocycles. The van der Waals surface area contributed by atoms with Crippen molar-refractivity contribution in [3.63, 3.8) is 0 Å². The first kappa shape index (κ1) is 15.5. The standard InChI is InChI=1S/C15H30N2O/c1-12(18)16-10-5-11-17-14-8-6-13(7-9-14)15(2,3)4/h13-14,17H,5-11H2,1-4H3,(H,16,18). The highest BCUT2D eigenvalue weighted by atomic mass is 16.1. The number of hydrogen-bond acceptors (Lipinski definition) is 2. The summed E-state index contributed by atoms with van der Waals surface area (Å²) in [4.78, 5) is 10.7. The van der Waals surface area contributed by atoms with Crippen LogP contribution in [0.25, 0.3) is 0 Å². The van der Waals surface area contributed by atoms with Gasteiger partial charge in [-0.3, -0.25) is 4.79 Å². The van der Waals surface area contributed by atoms with Gasteiger partial charge in [0.2, 0.25) is 5.91 Å². The lowest BCUT2D eigenvalue weighted by Gasteiger charge is -2.37. The van der Waals surface area contributed by atoms with E-state index in [1.807, 2.05) is 0 Å². The quantitative estimate of drug-likeness (QED) is 0.741. The molecule has 3 heteroatoms. The summed E-state index contributed by atoms with van der Waals surface area (Å²) < 4.78 is 0. The van der Waals surface area contributed by atoms with Crippen molar-refractivity contribution in [1.29, 1.82) is 0 Å². The molecule has 0 aromatic heterocycles. The molecule has 0 radical (unpaired) electrons. The third-order valence-electron chi connectivity index (χ3n) is 4.11. The maximum Gasteiger partial charge on any atom is 0.216 e. The molecule has 1 rings (SSSR count). The zero-order valence-electron chi connectivity index (χ0n) is 12.5. The van der Waals surface area contributed by atoms with Gasteiger partial charge in [0, 0.05) is 19.5 Å². The first-order valence-electron chi connectivity index (χ1n) is 7.37. The average molecular weight is 254 g/mol. The molecule has 2 N–H and O–H groups in total. The van der Waals surface area contributed by atoms with E-state index in [0.29, 0.717) is 11.5 Å². The minimum atomic E-state index is 0.0701. The highest BCUT2D eigenvalue weighted by molar-refractivity contribution is 5.72. The van der Waals surface area contributed by atoms with Gasteiger partial charge in [-0.05, 0) is 50.0 Å². The smallest absolute Gasteiger partial charge is 0.216 e. The predicted octanol–water partition coefficient (Wildman–Crippen LogP) is 2.71. The third-order valence-corrected chi connectivity index (χ3v) is 4.11. The number of carbonyl (C=O) groups excluding carboxylic acids is 1. The van der Waals surface area contributed by atoms with Gasteiger partial charge in [-0.25, -0.2) is 0 Å². The minimum Gasteiger partial charge on any atom is -0.356 e. The zero-order chi connectivity index (χ0) is 13.6. The summed E-state index contributed by atoms with van der Waals surface area (Å²) >= 11 is 0. The van der Waals surface area contributed by atoms with Crippen LogP contribution in [0.1, 0.15) is 59.8 Å². The van der Waals surface area contributed by atoms with Gasteiger partial charge in [-0.1, -0.05) is 20.8 Å². The summed E-state index contributed by atoms with van der Waals surface area (Å²) in [7, 11) is 0. The largest absolute Gasteiger partial charge is 0.356 e. The molecule has 0 aromatic rings. The molecule has 1 fully saturated rings. The maximum absolute atomic E-state index is 10.7. The van der Waals surface area contributed by atoms with E-state index in [4.69, 9.17) is 0 Å². The summed E-state index contributed by atoms with van der Waals surface area (Å²) in [6.45, 7) is 10.5. The number of nitrogens with one attached hydrogen (secondary N) is 2. The molecule has 0 atom stereocenters. The van der Waals surface area contributed by atoms with Gasteiger partial charge in [0.15, 0.2) is 0 Å². The van der Waals surface area contributed by atoms with Crippen LogP contribution in [-0.2, 0) is 4.79 Å². The van der Waals surface area contributed by atoms with Gasteiger partial charge in [-0.15, -0.1) is 0 Å². The molecular weight excluding hydrogens is 224 g/mol. The Kier molecular flexibility index (Phi) is 6.13. The van der Waals surface area contributed by atoms with E-state index in [1.54, 1.807) is 6.92 Å². The molecule has 1 saturated carbocycles. The van der Waals surface area contributed by atoms with Crippen LogP contribution in [0.5, 0.6) is 0 Å². The lowest BCUT2D eigenvalue weighted by Crippen LogP contribution is -2.37. The summed E-state index contributed by atoms with van der Waals surface area (Å²) in [5.41, 5.74) is 0.469. The molecule has 1 aliphatic carbocycles. The van der Waals surface area contributed by atoms with E-state index in [2.05, 4.69) is 31.4 Å². The third kappa shape index (κ3) is 5.85. The highest BCUT2D eigenvalue weighted by Crippen LogP contribution is 2.37. The fourth-order valence-electron chi connectivity index (χ4n) is 2.82. The molecule has 106 valence electrons. The van der Waals surface area contributed by atoms with Gasteiger partial charge in [0.25, 0.3) is 0 Å². The molecule has 0 saturated heterocycles. The first-order valence-corrected chi connectivity index (χ1v) is 7.37. The molecule has 0 heterocycles. The Labute approximate surface area is 112 Å². The second kappa shape index (κ2) is 7.13. The first-order chi connectivity index (χ1) is 8.39. The van der Waals surface area contributed by atoms with Crippen molar-refractivity contribution < 1.29 is 4.79 Å². The van der Waals surface area contributed by atoms with Crippen molar-refractivity contribution in [2.45, 2.75) is 65.8 Å². The minimum absolute atomic E-state index is 0.0701. The predicted molar refractivity (Wildman–Crippen MR) is 76.5 cm³/mol. The monoisotopic (exact) mass is 254 g/mol. The second-order valence-electron chi connectivity index (χ2n) is 6.71. The maximum atomic E-state index is 10.7. The van der Waals surface area contributed by atoms with Crippen LogP contribution >= 0.6 is 0 Å². The van der Waals surface area contributed by atoms with Gasteiger partial charge >= 0.3 is 0 Å². The average Bonchev–Trinajstić information content (AvgIpc) is 2.27. The van der Waals surface area contributed by atoms with Crippen molar-refractivity contribution in [1.82, 2.24) is 10.6 Å². The molecule has 0 spiro atoms. The van der Waals surface area contributed by atoms with Crippen molar-refractivity contribution >= 4 is 5.91 Å². The Morgan fingerprint density at radius 1 is 1.11 bits per heavy atom. The molecule has 1 amide bonds. The Morgan fingerprint density at radius 3 is 2.22 bits per heavy atom. The Hall–Kier alpha value is -0.570.